The fourth-order valence-electron chi connectivity index (χ4n) is 3.33. The molecule has 0 amide bonds. The molecule has 3 rings (SSSR count). The summed E-state index contributed by atoms with van der Waals surface area (Å²) in [5.41, 5.74) is 0.215. The van der Waals surface area contributed by atoms with Crippen LogP contribution in [0.25, 0.3) is 0 Å². The van der Waals surface area contributed by atoms with E-state index in [2.05, 4.69) is 0 Å². The minimum Gasteiger partial charge on any atom is -0.223 e. The minimum atomic E-state index is -4.38. The van der Waals surface area contributed by atoms with Crippen LogP contribution in [0.15, 0.2) is 127 Å². The molecular weight excluding hydrogens is 492 g/mol. The largest absolute Gasteiger partial charge is 0.223 e. The molecule has 178 valence electrons. The molecule has 3 aromatic carbocycles. The molecule has 0 N–H and O–H groups in total. The van der Waals surface area contributed by atoms with Gasteiger partial charge in [-0.3, -0.25) is 0 Å². The Hall–Kier alpha value is -3.01. The van der Waals surface area contributed by atoms with Crippen molar-refractivity contribution >= 4 is 29.5 Å². The van der Waals surface area contributed by atoms with Gasteiger partial charge in [0.1, 0.15) is 0 Å². The smallest absolute Gasteiger partial charge is 0.207 e. The lowest BCUT2D eigenvalue weighted by Gasteiger charge is -2.16. The van der Waals surface area contributed by atoms with Gasteiger partial charge in [0, 0.05) is 0 Å². The van der Waals surface area contributed by atoms with Crippen molar-refractivity contribution in [3.05, 3.63) is 112 Å². The second kappa shape index (κ2) is 10.1. The lowest BCUT2D eigenvalue weighted by molar-refractivity contribution is 0.595. The molecule has 0 heterocycles. The van der Waals surface area contributed by atoms with Gasteiger partial charge in [-0.25, -0.2) is 25.3 Å². The standard InChI is InChI=1S/C25H24O6S3/c1-20(2)25(34(30,31)23-16-10-5-11-17-23)24(33(28,29)22-14-8-4-9-15-22)18-19-32(26,27)21-12-6-3-7-13-21/h3-18H,19H2,1-2H3/b24-18-. The van der Waals surface area contributed by atoms with Crippen LogP contribution in [0.2, 0.25) is 0 Å². The number of allylic oxidation sites excluding steroid dienone is 1. The van der Waals surface area contributed by atoms with Gasteiger partial charge in [-0.15, -0.1) is 0 Å². The Bertz CT molecular complexity index is 1530. The predicted octanol–water partition coefficient (Wildman–Crippen LogP) is 4.59. The highest BCUT2D eigenvalue weighted by atomic mass is 32.2. The number of hydrogen-bond acceptors (Lipinski definition) is 6. The molecule has 0 aliphatic rings. The SMILES string of the molecule is CC(C)=C(/C(=C/CS(=O)(=O)c1ccccc1)S(=O)(=O)c1ccccc1)S(=O)(=O)c1ccccc1. The van der Waals surface area contributed by atoms with Crippen LogP contribution in [0, 0.1) is 0 Å². The summed E-state index contributed by atoms with van der Waals surface area (Å²) in [5, 5.41) is 0. The molecule has 34 heavy (non-hydrogen) atoms. The number of hydrogen-bond donors (Lipinski definition) is 0. The van der Waals surface area contributed by atoms with Crippen molar-refractivity contribution in [2.24, 2.45) is 0 Å². The molecule has 0 atom stereocenters. The third kappa shape index (κ3) is 5.38. The average molecular weight is 517 g/mol. The lowest BCUT2D eigenvalue weighted by Crippen LogP contribution is -2.17. The zero-order chi connectivity index (χ0) is 25.0. The lowest BCUT2D eigenvalue weighted by atomic mass is 10.3. The van der Waals surface area contributed by atoms with Gasteiger partial charge >= 0.3 is 0 Å². The first kappa shape index (κ1) is 25.6. The van der Waals surface area contributed by atoms with Crippen molar-refractivity contribution in [2.75, 3.05) is 5.75 Å². The van der Waals surface area contributed by atoms with Crippen LogP contribution < -0.4 is 0 Å². The molecule has 0 aliphatic heterocycles. The molecule has 0 aromatic heterocycles. The fraction of sp³-hybridized carbons (Fsp3) is 0.120. The Kier molecular flexibility index (Phi) is 7.60. The van der Waals surface area contributed by atoms with E-state index in [4.69, 9.17) is 0 Å². The van der Waals surface area contributed by atoms with Crippen LogP contribution in [0.1, 0.15) is 13.8 Å². The Morgan fingerprint density at radius 2 is 0.971 bits per heavy atom. The van der Waals surface area contributed by atoms with E-state index in [1.165, 1.54) is 74.5 Å². The maximum atomic E-state index is 13.6. The van der Waals surface area contributed by atoms with Crippen molar-refractivity contribution in [3.8, 4) is 0 Å². The first-order chi connectivity index (χ1) is 16.0. The molecule has 0 unspecified atom stereocenters. The first-order valence-corrected chi connectivity index (χ1v) is 14.9. The van der Waals surface area contributed by atoms with Crippen molar-refractivity contribution in [1.82, 2.24) is 0 Å². The molecule has 0 saturated heterocycles. The van der Waals surface area contributed by atoms with Crippen molar-refractivity contribution in [3.63, 3.8) is 0 Å². The van der Waals surface area contributed by atoms with Crippen molar-refractivity contribution in [1.29, 1.82) is 0 Å². The third-order valence-electron chi connectivity index (χ3n) is 4.93. The molecule has 3 aromatic rings. The van der Waals surface area contributed by atoms with Crippen LogP contribution >= 0.6 is 0 Å². The number of benzene rings is 3. The van der Waals surface area contributed by atoms with Gasteiger partial charge in [0.15, 0.2) is 9.84 Å². The van der Waals surface area contributed by atoms with Gasteiger partial charge < -0.3 is 0 Å². The van der Waals surface area contributed by atoms with E-state index in [1.807, 2.05) is 0 Å². The summed E-state index contributed by atoms with van der Waals surface area (Å²) in [6.45, 7) is 2.96. The average Bonchev–Trinajstić information content (AvgIpc) is 2.82. The Morgan fingerprint density at radius 1 is 0.588 bits per heavy atom. The van der Waals surface area contributed by atoms with E-state index in [-0.39, 0.29) is 20.3 Å². The fourth-order valence-corrected chi connectivity index (χ4v) is 8.40. The summed E-state index contributed by atoms with van der Waals surface area (Å²) in [4.78, 5) is -1.23. The number of sulfone groups is 3. The zero-order valence-electron chi connectivity index (χ0n) is 18.6. The third-order valence-corrected chi connectivity index (χ3v) is 10.6. The van der Waals surface area contributed by atoms with Crippen LogP contribution in [0.5, 0.6) is 0 Å². The van der Waals surface area contributed by atoms with Gasteiger partial charge in [0.05, 0.1) is 30.2 Å². The maximum absolute atomic E-state index is 13.6. The molecule has 9 heteroatoms. The molecule has 0 saturated carbocycles. The first-order valence-electron chi connectivity index (χ1n) is 10.2. The predicted molar refractivity (Wildman–Crippen MR) is 132 cm³/mol. The van der Waals surface area contributed by atoms with Crippen LogP contribution in [0.4, 0.5) is 0 Å². The van der Waals surface area contributed by atoms with Gasteiger partial charge in [0.25, 0.3) is 0 Å². The molecule has 0 spiro atoms. The van der Waals surface area contributed by atoms with Crippen LogP contribution in [0.3, 0.4) is 0 Å². The van der Waals surface area contributed by atoms with Gasteiger partial charge in [-0.2, -0.15) is 0 Å². The second-order valence-electron chi connectivity index (χ2n) is 7.62. The van der Waals surface area contributed by atoms with E-state index < -0.39 is 45.1 Å². The molecule has 0 fully saturated rings. The monoisotopic (exact) mass is 516 g/mol. The summed E-state index contributed by atoms with van der Waals surface area (Å²) in [6.07, 6.45) is 0.980. The van der Waals surface area contributed by atoms with E-state index in [9.17, 15) is 25.3 Å². The van der Waals surface area contributed by atoms with Gasteiger partial charge in [-0.05, 0) is 56.3 Å². The van der Waals surface area contributed by atoms with Crippen LogP contribution in [-0.4, -0.2) is 31.0 Å². The van der Waals surface area contributed by atoms with Gasteiger partial charge in [0.2, 0.25) is 19.7 Å². The van der Waals surface area contributed by atoms with E-state index in [0.29, 0.717) is 0 Å². The summed E-state index contributed by atoms with van der Waals surface area (Å²) >= 11 is 0. The second-order valence-corrected chi connectivity index (χ2v) is 13.5. The van der Waals surface area contributed by atoms with E-state index >= 15 is 0 Å². The van der Waals surface area contributed by atoms with E-state index in [0.717, 1.165) is 6.08 Å². The summed E-state index contributed by atoms with van der Waals surface area (Å²) in [5.74, 6) is -0.695. The quantitative estimate of drug-likeness (QED) is 0.406. The number of rotatable bonds is 8. The molecule has 6 nitrogen and oxygen atoms in total. The van der Waals surface area contributed by atoms with Crippen molar-refractivity contribution < 1.29 is 25.3 Å². The highest BCUT2D eigenvalue weighted by molar-refractivity contribution is 8.00. The van der Waals surface area contributed by atoms with E-state index in [1.54, 1.807) is 30.3 Å². The Balaban J connectivity index is 2.27. The summed E-state index contributed by atoms with van der Waals surface area (Å²) in [6, 6.07) is 22.3. The normalized spacial score (nSPS) is 12.8. The Labute approximate surface area is 201 Å². The highest BCUT2D eigenvalue weighted by Crippen LogP contribution is 2.34. The summed E-state index contributed by atoms with van der Waals surface area (Å²) in [7, 11) is -12.6. The minimum absolute atomic E-state index is 0.00683. The molecule has 0 bridgehead atoms. The molecular formula is C25H24O6S3. The molecule has 0 aliphatic carbocycles. The van der Waals surface area contributed by atoms with Crippen LogP contribution in [-0.2, 0) is 29.5 Å². The topological polar surface area (TPSA) is 102 Å². The highest BCUT2D eigenvalue weighted by Gasteiger charge is 2.34. The summed E-state index contributed by atoms with van der Waals surface area (Å²) < 4.78 is 80.3. The van der Waals surface area contributed by atoms with Crippen molar-refractivity contribution in [2.45, 2.75) is 28.5 Å². The zero-order valence-corrected chi connectivity index (χ0v) is 21.1. The Morgan fingerprint density at radius 3 is 1.38 bits per heavy atom. The maximum Gasteiger partial charge on any atom is 0.207 e. The van der Waals surface area contributed by atoms with Gasteiger partial charge in [-0.1, -0.05) is 60.2 Å². The molecule has 0 radical (unpaired) electrons.